The largest absolute Gasteiger partial charge is 0.468 e. The van der Waals surface area contributed by atoms with E-state index >= 15 is 0 Å². The van der Waals surface area contributed by atoms with Gasteiger partial charge in [0.15, 0.2) is 0 Å². The number of fused-ring (bicyclic) bond motifs is 1. The molecule has 0 spiro atoms. The smallest absolute Gasteiger partial charge is 0.319 e. The van der Waals surface area contributed by atoms with Crippen molar-refractivity contribution in [3.05, 3.63) is 35.4 Å². The molecule has 6 heteroatoms. The first kappa shape index (κ1) is 14.2. The highest BCUT2D eigenvalue weighted by Crippen LogP contribution is 2.22. The van der Waals surface area contributed by atoms with E-state index in [9.17, 15) is 14.4 Å². The number of benzene rings is 1. The van der Waals surface area contributed by atoms with Gasteiger partial charge >= 0.3 is 5.97 Å². The Labute approximate surface area is 116 Å². The van der Waals surface area contributed by atoms with Crippen LogP contribution in [-0.4, -0.2) is 54.5 Å². The van der Waals surface area contributed by atoms with Gasteiger partial charge in [-0.25, -0.2) is 0 Å². The Balaban J connectivity index is 2.13. The number of methoxy groups -OCH3 is 1. The van der Waals surface area contributed by atoms with Crippen molar-refractivity contribution in [2.24, 2.45) is 0 Å². The van der Waals surface area contributed by atoms with Crippen molar-refractivity contribution in [3.63, 3.8) is 0 Å². The summed E-state index contributed by atoms with van der Waals surface area (Å²) in [6, 6.07) is 6.71. The molecule has 106 valence electrons. The van der Waals surface area contributed by atoms with Crippen molar-refractivity contribution >= 4 is 17.8 Å². The number of hydrogen-bond donors (Lipinski definition) is 0. The van der Waals surface area contributed by atoms with Gasteiger partial charge < -0.3 is 4.74 Å². The molecule has 0 saturated heterocycles. The summed E-state index contributed by atoms with van der Waals surface area (Å²) in [6.45, 7) is 2.50. The summed E-state index contributed by atoms with van der Waals surface area (Å²) in [5.74, 6) is -1.05. The third kappa shape index (κ3) is 2.55. The van der Waals surface area contributed by atoms with Crippen molar-refractivity contribution in [1.29, 1.82) is 0 Å². The van der Waals surface area contributed by atoms with Crippen molar-refractivity contribution in [2.45, 2.75) is 6.92 Å². The lowest BCUT2D eigenvalue weighted by atomic mass is 10.1. The second-order valence-corrected chi connectivity index (χ2v) is 4.45. The minimum absolute atomic E-state index is 0.0421. The molecule has 2 rings (SSSR count). The van der Waals surface area contributed by atoms with E-state index in [1.54, 1.807) is 29.2 Å². The van der Waals surface area contributed by atoms with Crippen LogP contribution in [0.2, 0.25) is 0 Å². The van der Waals surface area contributed by atoms with Crippen molar-refractivity contribution in [2.75, 3.05) is 26.9 Å². The number of ether oxygens (including phenoxy) is 1. The molecule has 0 bridgehead atoms. The molecule has 1 heterocycles. The Morgan fingerprint density at radius 3 is 2.20 bits per heavy atom. The second kappa shape index (κ2) is 5.83. The average molecular weight is 276 g/mol. The topological polar surface area (TPSA) is 66.9 Å². The molecule has 1 aromatic carbocycles. The number of imide groups is 1. The fraction of sp³-hybridized carbons (Fsp3) is 0.357. The highest BCUT2D eigenvalue weighted by molar-refractivity contribution is 6.21. The van der Waals surface area contributed by atoms with Gasteiger partial charge in [0.2, 0.25) is 0 Å². The molecular formula is C14H16N2O4. The number of amides is 2. The Morgan fingerprint density at radius 1 is 1.20 bits per heavy atom. The zero-order chi connectivity index (χ0) is 14.7. The van der Waals surface area contributed by atoms with E-state index in [-0.39, 0.29) is 25.0 Å². The van der Waals surface area contributed by atoms with Crippen molar-refractivity contribution in [1.82, 2.24) is 9.80 Å². The lowest BCUT2D eigenvalue weighted by Crippen LogP contribution is -2.43. The third-order valence-corrected chi connectivity index (χ3v) is 3.25. The first-order valence-corrected chi connectivity index (χ1v) is 6.32. The van der Waals surface area contributed by atoms with Crippen LogP contribution in [0.25, 0.3) is 0 Å². The van der Waals surface area contributed by atoms with E-state index in [4.69, 9.17) is 0 Å². The summed E-state index contributed by atoms with van der Waals surface area (Å²) in [6.07, 6.45) is 0. The van der Waals surface area contributed by atoms with Crippen molar-refractivity contribution < 1.29 is 19.1 Å². The number of nitrogens with zero attached hydrogens (tertiary/aromatic N) is 2. The standard InChI is InChI=1S/C14H16N2O4/c1-3-15(8-12(17)20-2)9-16-13(18)10-6-4-5-7-11(10)14(16)19/h4-7H,3,8-9H2,1-2H3. The van der Waals surface area contributed by atoms with E-state index < -0.39 is 5.97 Å². The van der Waals surface area contributed by atoms with Crippen molar-refractivity contribution in [3.8, 4) is 0 Å². The molecule has 0 saturated carbocycles. The van der Waals surface area contributed by atoms with Crippen LogP contribution in [0.5, 0.6) is 0 Å². The number of hydrogen-bond acceptors (Lipinski definition) is 5. The van der Waals surface area contributed by atoms with Gasteiger partial charge in [0.1, 0.15) is 0 Å². The summed E-state index contributed by atoms with van der Waals surface area (Å²) < 4.78 is 4.59. The first-order chi connectivity index (χ1) is 9.58. The predicted molar refractivity (Wildman–Crippen MR) is 71.1 cm³/mol. The van der Waals surface area contributed by atoms with Gasteiger partial charge in [-0.3, -0.25) is 24.2 Å². The summed E-state index contributed by atoms with van der Waals surface area (Å²) in [7, 11) is 1.30. The van der Waals surface area contributed by atoms with Crippen LogP contribution in [-0.2, 0) is 9.53 Å². The maximum Gasteiger partial charge on any atom is 0.319 e. The van der Waals surface area contributed by atoms with Gasteiger partial charge in [0, 0.05) is 0 Å². The Hall–Kier alpha value is -2.21. The maximum atomic E-state index is 12.2. The summed E-state index contributed by atoms with van der Waals surface area (Å²) in [5.41, 5.74) is 0.818. The average Bonchev–Trinajstić information content (AvgIpc) is 2.71. The number of carbonyl (C=O) groups excluding carboxylic acids is 3. The van der Waals surface area contributed by atoms with Crippen LogP contribution in [0.15, 0.2) is 24.3 Å². The lowest BCUT2D eigenvalue weighted by Gasteiger charge is -2.24. The molecule has 0 atom stereocenters. The number of esters is 1. The van der Waals surface area contributed by atoms with Gasteiger partial charge in [-0.05, 0) is 18.7 Å². The predicted octanol–water partition coefficient (Wildman–Crippen LogP) is 0.735. The normalized spacial score (nSPS) is 13.8. The fourth-order valence-electron chi connectivity index (χ4n) is 2.08. The number of rotatable bonds is 5. The van der Waals surface area contributed by atoms with E-state index in [0.29, 0.717) is 17.7 Å². The van der Waals surface area contributed by atoms with Gasteiger partial charge in [0.05, 0.1) is 31.5 Å². The first-order valence-electron chi connectivity index (χ1n) is 6.32. The van der Waals surface area contributed by atoms with Gasteiger partial charge in [-0.2, -0.15) is 0 Å². The minimum atomic E-state index is -0.400. The molecular weight excluding hydrogens is 260 g/mol. The summed E-state index contributed by atoms with van der Waals surface area (Å²) in [4.78, 5) is 38.5. The lowest BCUT2D eigenvalue weighted by molar-refractivity contribution is -0.142. The van der Waals surface area contributed by atoms with Crippen LogP contribution in [0.3, 0.4) is 0 Å². The molecule has 0 unspecified atom stereocenters. The van der Waals surface area contributed by atoms with E-state index in [1.165, 1.54) is 7.11 Å². The van der Waals surface area contributed by atoms with Gasteiger partial charge in [-0.15, -0.1) is 0 Å². The van der Waals surface area contributed by atoms with Gasteiger partial charge in [0.25, 0.3) is 11.8 Å². The highest BCUT2D eigenvalue weighted by atomic mass is 16.5. The molecule has 1 aliphatic heterocycles. The molecule has 1 aromatic rings. The van der Waals surface area contributed by atoms with Gasteiger partial charge in [-0.1, -0.05) is 19.1 Å². The minimum Gasteiger partial charge on any atom is -0.468 e. The van der Waals surface area contributed by atoms with Crippen LogP contribution < -0.4 is 0 Å². The summed E-state index contributed by atoms with van der Waals surface area (Å²) >= 11 is 0. The molecule has 20 heavy (non-hydrogen) atoms. The molecule has 0 radical (unpaired) electrons. The molecule has 6 nitrogen and oxygen atoms in total. The molecule has 0 aliphatic carbocycles. The fourth-order valence-corrected chi connectivity index (χ4v) is 2.08. The third-order valence-electron chi connectivity index (χ3n) is 3.25. The molecule has 0 N–H and O–H groups in total. The SMILES string of the molecule is CCN(CC(=O)OC)CN1C(=O)c2ccccc2C1=O. The van der Waals surface area contributed by atoms with E-state index in [1.807, 2.05) is 6.92 Å². The quantitative estimate of drug-likeness (QED) is 0.586. The highest BCUT2D eigenvalue weighted by Gasteiger charge is 2.35. The van der Waals surface area contributed by atoms with Crippen LogP contribution in [0, 0.1) is 0 Å². The zero-order valence-corrected chi connectivity index (χ0v) is 11.5. The molecule has 1 aliphatic rings. The summed E-state index contributed by atoms with van der Waals surface area (Å²) in [5, 5.41) is 0. The Morgan fingerprint density at radius 2 is 1.75 bits per heavy atom. The van der Waals surface area contributed by atoms with Crippen LogP contribution in [0.1, 0.15) is 27.6 Å². The van der Waals surface area contributed by atoms with E-state index in [2.05, 4.69) is 4.74 Å². The van der Waals surface area contributed by atoms with Crippen LogP contribution >= 0.6 is 0 Å². The Bertz CT molecular complexity index is 521. The number of carbonyl (C=O) groups is 3. The maximum absolute atomic E-state index is 12.2. The monoisotopic (exact) mass is 276 g/mol. The zero-order valence-electron chi connectivity index (χ0n) is 11.5. The molecule has 2 amide bonds. The second-order valence-electron chi connectivity index (χ2n) is 4.45. The number of likely N-dealkylation sites (N-methyl/N-ethyl adjacent to an activating group) is 1. The van der Waals surface area contributed by atoms with Crippen LogP contribution in [0.4, 0.5) is 0 Å². The molecule has 0 aromatic heterocycles. The molecule has 0 fully saturated rings. The Kier molecular flexibility index (Phi) is 4.14. The van der Waals surface area contributed by atoms with E-state index in [0.717, 1.165) is 4.90 Å².